The summed E-state index contributed by atoms with van der Waals surface area (Å²) in [6.07, 6.45) is 6.41. The molecule has 1 saturated heterocycles. The monoisotopic (exact) mass is 294 g/mol. The van der Waals surface area contributed by atoms with Crippen molar-refractivity contribution in [2.24, 2.45) is 11.7 Å². The van der Waals surface area contributed by atoms with Gasteiger partial charge in [0.05, 0.1) is 0 Å². The van der Waals surface area contributed by atoms with Gasteiger partial charge in [-0.05, 0) is 38.8 Å². The predicted molar refractivity (Wildman–Crippen MR) is 77.3 cm³/mol. The maximum absolute atomic E-state index is 10.9. The minimum Gasteiger partial charge on any atom is -0.483 e. The van der Waals surface area contributed by atoms with Crippen molar-refractivity contribution in [2.45, 2.75) is 32.7 Å². The van der Waals surface area contributed by atoms with Crippen molar-refractivity contribution in [3.8, 4) is 0 Å². The number of aromatic nitrogens is 2. The van der Waals surface area contributed by atoms with Gasteiger partial charge in [-0.3, -0.25) is 14.5 Å². The Labute approximate surface area is 124 Å². The van der Waals surface area contributed by atoms with Gasteiger partial charge in [0, 0.05) is 30.9 Å². The number of carbonyl (C=O) groups excluding carboxylic acids is 1. The fraction of sp³-hybridized carbons (Fsp3) is 0.571. The molecule has 1 amide bonds. The summed E-state index contributed by atoms with van der Waals surface area (Å²) in [5.41, 5.74) is 6.37. The number of carboxylic acid groups (broad SMARTS) is 1. The minimum absolute atomic E-state index is 0.180. The van der Waals surface area contributed by atoms with Crippen molar-refractivity contribution >= 4 is 12.4 Å². The Kier molecular flexibility index (Phi) is 7.31. The van der Waals surface area contributed by atoms with E-state index in [0.29, 0.717) is 12.3 Å². The lowest BCUT2D eigenvalue weighted by Gasteiger charge is -2.31. The smallest absolute Gasteiger partial charge is 0.290 e. The first-order valence-corrected chi connectivity index (χ1v) is 6.91. The highest BCUT2D eigenvalue weighted by molar-refractivity contribution is 5.73. The van der Waals surface area contributed by atoms with Crippen LogP contribution < -0.4 is 5.73 Å². The second kappa shape index (κ2) is 9.02. The summed E-state index contributed by atoms with van der Waals surface area (Å²) in [4.78, 5) is 30.0. The molecular weight excluding hydrogens is 272 g/mol. The number of primary amides is 1. The molecule has 1 aliphatic rings. The summed E-state index contributed by atoms with van der Waals surface area (Å²) in [6, 6.07) is 0. The van der Waals surface area contributed by atoms with E-state index in [1.807, 2.05) is 19.3 Å². The lowest BCUT2D eigenvalue weighted by atomic mass is 9.93. The number of nitrogens with zero attached hydrogens (tertiary/aromatic N) is 3. The third-order valence-electron chi connectivity index (χ3n) is 3.44. The first-order valence-electron chi connectivity index (χ1n) is 6.91. The van der Waals surface area contributed by atoms with Crippen molar-refractivity contribution in [3.63, 3.8) is 0 Å². The van der Waals surface area contributed by atoms with E-state index >= 15 is 0 Å². The molecule has 0 aromatic carbocycles. The maximum atomic E-state index is 10.9. The van der Waals surface area contributed by atoms with Gasteiger partial charge in [0.25, 0.3) is 6.47 Å². The molecule has 116 valence electrons. The zero-order valence-corrected chi connectivity index (χ0v) is 12.2. The molecule has 0 atom stereocenters. The molecule has 0 bridgehead atoms. The lowest BCUT2D eigenvalue weighted by Crippen LogP contribution is -2.34. The van der Waals surface area contributed by atoms with E-state index in [4.69, 9.17) is 15.6 Å². The van der Waals surface area contributed by atoms with Gasteiger partial charge < -0.3 is 10.8 Å². The molecule has 1 aromatic heterocycles. The zero-order chi connectivity index (χ0) is 15.7. The molecule has 21 heavy (non-hydrogen) atoms. The second-order valence-corrected chi connectivity index (χ2v) is 5.13. The van der Waals surface area contributed by atoms with E-state index < -0.39 is 0 Å². The summed E-state index contributed by atoms with van der Waals surface area (Å²) < 4.78 is 0. The highest BCUT2D eigenvalue weighted by Gasteiger charge is 2.20. The predicted octanol–water partition coefficient (Wildman–Crippen LogP) is 0.573. The zero-order valence-electron chi connectivity index (χ0n) is 12.2. The van der Waals surface area contributed by atoms with Crippen molar-refractivity contribution < 1.29 is 14.7 Å². The number of amides is 1. The summed E-state index contributed by atoms with van der Waals surface area (Å²) in [6.45, 7) is 4.57. The summed E-state index contributed by atoms with van der Waals surface area (Å²) in [5, 5.41) is 6.89. The standard InChI is InChI=1S/C13H20N4O.CH2O2/c1-10-15-7-12(8-16-10)9-17-4-2-11(3-5-17)6-13(14)18;2-1-3/h7-8,11H,2-6,9H2,1H3,(H2,14,18);1H,(H,2,3). The molecule has 0 spiro atoms. The van der Waals surface area contributed by atoms with E-state index in [-0.39, 0.29) is 12.4 Å². The van der Waals surface area contributed by atoms with Gasteiger partial charge in [0.2, 0.25) is 5.91 Å². The summed E-state index contributed by atoms with van der Waals surface area (Å²) >= 11 is 0. The Morgan fingerprint density at radius 2 is 1.95 bits per heavy atom. The average molecular weight is 294 g/mol. The number of piperidine rings is 1. The number of likely N-dealkylation sites (tertiary alicyclic amines) is 1. The van der Waals surface area contributed by atoms with Crippen LogP contribution in [0, 0.1) is 12.8 Å². The number of aryl methyl sites for hydroxylation is 1. The Balaban J connectivity index is 0.000000677. The maximum Gasteiger partial charge on any atom is 0.290 e. The molecule has 0 aliphatic carbocycles. The highest BCUT2D eigenvalue weighted by atomic mass is 16.3. The number of hydrogen-bond donors (Lipinski definition) is 2. The quantitative estimate of drug-likeness (QED) is 0.786. The van der Waals surface area contributed by atoms with Gasteiger partial charge in [0.15, 0.2) is 0 Å². The second-order valence-electron chi connectivity index (χ2n) is 5.13. The van der Waals surface area contributed by atoms with Crippen LogP contribution in [0.4, 0.5) is 0 Å². The van der Waals surface area contributed by atoms with Gasteiger partial charge in [-0.2, -0.15) is 0 Å². The molecule has 2 heterocycles. The number of rotatable bonds is 4. The normalized spacial score (nSPS) is 15.9. The third kappa shape index (κ3) is 6.80. The fourth-order valence-corrected chi connectivity index (χ4v) is 2.39. The molecule has 3 N–H and O–H groups in total. The summed E-state index contributed by atoms with van der Waals surface area (Å²) in [5.74, 6) is 1.09. The molecular formula is C14H22N4O3. The van der Waals surface area contributed by atoms with Crippen LogP contribution in [0.25, 0.3) is 0 Å². The Morgan fingerprint density at radius 3 is 2.43 bits per heavy atom. The number of nitrogens with two attached hydrogens (primary N) is 1. The Hall–Kier alpha value is -2.02. The van der Waals surface area contributed by atoms with E-state index in [0.717, 1.165) is 43.9 Å². The third-order valence-corrected chi connectivity index (χ3v) is 3.44. The molecule has 1 aliphatic heterocycles. The van der Waals surface area contributed by atoms with Crippen LogP contribution in [0.2, 0.25) is 0 Å². The van der Waals surface area contributed by atoms with E-state index in [1.54, 1.807) is 0 Å². The lowest BCUT2D eigenvalue weighted by molar-refractivity contribution is -0.123. The molecule has 1 aromatic rings. The highest BCUT2D eigenvalue weighted by Crippen LogP contribution is 2.21. The summed E-state index contributed by atoms with van der Waals surface area (Å²) in [7, 11) is 0. The van der Waals surface area contributed by atoms with Crippen molar-refractivity contribution in [2.75, 3.05) is 13.1 Å². The van der Waals surface area contributed by atoms with Crippen molar-refractivity contribution in [1.29, 1.82) is 0 Å². The van der Waals surface area contributed by atoms with Crippen LogP contribution in [0.1, 0.15) is 30.7 Å². The molecule has 0 radical (unpaired) electrons. The van der Waals surface area contributed by atoms with Crippen LogP contribution in [0.15, 0.2) is 12.4 Å². The van der Waals surface area contributed by atoms with Gasteiger partial charge in [-0.25, -0.2) is 9.97 Å². The number of hydrogen-bond acceptors (Lipinski definition) is 5. The average Bonchev–Trinajstić information content (AvgIpc) is 2.44. The number of carbonyl (C=O) groups is 2. The van der Waals surface area contributed by atoms with Crippen molar-refractivity contribution in [3.05, 3.63) is 23.8 Å². The van der Waals surface area contributed by atoms with E-state index in [1.165, 1.54) is 0 Å². The van der Waals surface area contributed by atoms with Crippen LogP contribution in [0.3, 0.4) is 0 Å². The van der Waals surface area contributed by atoms with E-state index in [9.17, 15) is 4.79 Å². The Bertz CT molecular complexity index is 442. The van der Waals surface area contributed by atoms with Gasteiger partial charge >= 0.3 is 0 Å². The first kappa shape index (κ1) is 17.0. The van der Waals surface area contributed by atoms with Crippen LogP contribution >= 0.6 is 0 Å². The van der Waals surface area contributed by atoms with Crippen molar-refractivity contribution in [1.82, 2.24) is 14.9 Å². The molecule has 7 heteroatoms. The molecule has 0 saturated carbocycles. The van der Waals surface area contributed by atoms with Gasteiger partial charge in [0.1, 0.15) is 5.82 Å². The molecule has 7 nitrogen and oxygen atoms in total. The van der Waals surface area contributed by atoms with Gasteiger partial charge in [-0.15, -0.1) is 0 Å². The van der Waals surface area contributed by atoms with Crippen LogP contribution in [0.5, 0.6) is 0 Å². The van der Waals surface area contributed by atoms with E-state index in [2.05, 4.69) is 14.9 Å². The fourth-order valence-electron chi connectivity index (χ4n) is 2.39. The Morgan fingerprint density at radius 1 is 1.43 bits per heavy atom. The SMILES string of the molecule is Cc1ncc(CN2CCC(CC(N)=O)CC2)cn1.O=CO. The topological polar surface area (TPSA) is 109 Å². The largest absolute Gasteiger partial charge is 0.483 e. The first-order chi connectivity index (χ1) is 10.0. The van der Waals surface area contributed by atoms with Crippen LogP contribution in [-0.4, -0.2) is 45.4 Å². The molecule has 2 rings (SSSR count). The van der Waals surface area contributed by atoms with Gasteiger partial charge in [-0.1, -0.05) is 0 Å². The molecule has 1 fully saturated rings. The molecule has 0 unspecified atom stereocenters. The minimum atomic E-state index is -0.250. The van der Waals surface area contributed by atoms with Crippen LogP contribution in [-0.2, 0) is 16.1 Å².